The van der Waals surface area contributed by atoms with E-state index in [0.717, 1.165) is 17.7 Å². The lowest BCUT2D eigenvalue weighted by Gasteiger charge is -2.22. The summed E-state index contributed by atoms with van der Waals surface area (Å²) >= 11 is 7.15. The Kier molecular flexibility index (Phi) is 6.52. The van der Waals surface area contributed by atoms with E-state index in [1.165, 1.54) is 11.8 Å². The number of benzene rings is 1. The zero-order chi connectivity index (χ0) is 17.6. The molecular weight excluding hydrogens is 348 g/mol. The van der Waals surface area contributed by atoms with Crippen molar-refractivity contribution in [3.05, 3.63) is 29.3 Å². The quantitative estimate of drug-likeness (QED) is 0.617. The Hall–Kier alpha value is -1.71. The van der Waals surface area contributed by atoms with E-state index in [4.69, 9.17) is 16.3 Å². The van der Waals surface area contributed by atoms with Crippen LogP contribution in [0.5, 0.6) is 0 Å². The number of nitriles is 1. The molecule has 128 valence electrons. The van der Waals surface area contributed by atoms with Crippen LogP contribution in [0.3, 0.4) is 0 Å². The number of nitrogens with zero attached hydrogens (tertiary/aromatic N) is 1. The smallest absolute Gasteiger partial charge is 0.319 e. The van der Waals surface area contributed by atoms with Gasteiger partial charge in [-0.05, 0) is 56.9 Å². The Morgan fingerprint density at radius 2 is 2.00 bits per heavy atom. The van der Waals surface area contributed by atoms with Crippen LogP contribution in [-0.4, -0.2) is 29.3 Å². The van der Waals surface area contributed by atoms with Crippen LogP contribution in [0.4, 0.5) is 0 Å². The van der Waals surface area contributed by atoms with Crippen molar-refractivity contribution >= 4 is 35.2 Å². The molecule has 1 aromatic carbocycles. The maximum atomic E-state index is 12.0. The maximum Gasteiger partial charge on any atom is 0.319 e. The molecule has 7 heteroatoms. The molecule has 0 heterocycles. The number of rotatable bonds is 6. The molecule has 0 saturated heterocycles. The summed E-state index contributed by atoms with van der Waals surface area (Å²) in [5, 5.41) is 12.1. The van der Waals surface area contributed by atoms with Gasteiger partial charge in [0.15, 0.2) is 6.61 Å². The van der Waals surface area contributed by atoms with Crippen molar-refractivity contribution in [3.63, 3.8) is 0 Å². The Morgan fingerprint density at radius 3 is 2.58 bits per heavy atom. The average molecular weight is 367 g/mol. The molecular formula is C17H19ClN2O3S. The van der Waals surface area contributed by atoms with Crippen LogP contribution < -0.4 is 5.32 Å². The third kappa shape index (κ3) is 5.15. The van der Waals surface area contributed by atoms with E-state index >= 15 is 0 Å². The first-order valence-electron chi connectivity index (χ1n) is 7.75. The van der Waals surface area contributed by atoms with Crippen LogP contribution in [0.25, 0.3) is 0 Å². The Balaban J connectivity index is 1.78. The molecule has 0 bridgehead atoms. The number of carbonyl (C=O) groups excluding carboxylic acids is 2. The molecule has 2 rings (SSSR count). The van der Waals surface area contributed by atoms with Gasteiger partial charge in [-0.15, -0.1) is 11.8 Å². The number of hydrogen-bond donors (Lipinski definition) is 1. The summed E-state index contributed by atoms with van der Waals surface area (Å²) < 4.78 is 5.05. The number of thioether (sulfide) groups is 1. The van der Waals surface area contributed by atoms with Gasteiger partial charge < -0.3 is 10.1 Å². The lowest BCUT2D eigenvalue weighted by Crippen LogP contribution is -2.47. The Bertz CT molecular complexity index is 636. The third-order valence-corrected chi connectivity index (χ3v) is 5.20. The van der Waals surface area contributed by atoms with Crippen molar-refractivity contribution in [2.24, 2.45) is 0 Å². The van der Waals surface area contributed by atoms with Crippen molar-refractivity contribution < 1.29 is 14.3 Å². The van der Waals surface area contributed by atoms with Crippen LogP contribution >= 0.6 is 23.4 Å². The van der Waals surface area contributed by atoms with Crippen LogP contribution in [0, 0.1) is 11.3 Å². The van der Waals surface area contributed by atoms with Gasteiger partial charge in [-0.3, -0.25) is 9.59 Å². The number of ether oxygens (including phenoxy) is 1. The van der Waals surface area contributed by atoms with E-state index in [0.29, 0.717) is 17.9 Å². The fourth-order valence-electron chi connectivity index (χ4n) is 2.57. The lowest BCUT2D eigenvalue weighted by molar-refractivity contribution is -0.148. The molecule has 0 aliphatic heterocycles. The molecule has 1 aromatic rings. The van der Waals surface area contributed by atoms with Gasteiger partial charge in [0, 0.05) is 9.92 Å². The van der Waals surface area contributed by atoms with E-state index < -0.39 is 22.7 Å². The first-order valence-corrected chi connectivity index (χ1v) is 9.01. The fourth-order valence-corrected chi connectivity index (χ4v) is 3.56. The number of carbonyl (C=O) groups is 2. The molecule has 1 fully saturated rings. The minimum atomic E-state index is -0.798. The van der Waals surface area contributed by atoms with E-state index in [1.54, 1.807) is 19.1 Å². The molecule has 0 spiro atoms. The predicted molar refractivity (Wildman–Crippen MR) is 92.7 cm³/mol. The highest BCUT2D eigenvalue weighted by Gasteiger charge is 2.35. The summed E-state index contributed by atoms with van der Waals surface area (Å²) in [5.41, 5.74) is -0.798. The third-order valence-electron chi connectivity index (χ3n) is 3.85. The van der Waals surface area contributed by atoms with Gasteiger partial charge in [0.1, 0.15) is 10.8 Å². The van der Waals surface area contributed by atoms with Gasteiger partial charge >= 0.3 is 5.97 Å². The zero-order valence-corrected chi connectivity index (χ0v) is 15.0. The number of esters is 1. The van der Waals surface area contributed by atoms with Gasteiger partial charge in [-0.1, -0.05) is 11.6 Å². The van der Waals surface area contributed by atoms with E-state index in [2.05, 4.69) is 11.4 Å². The van der Waals surface area contributed by atoms with E-state index in [1.807, 2.05) is 12.1 Å². The van der Waals surface area contributed by atoms with Crippen molar-refractivity contribution in [2.75, 3.05) is 6.61 Å². The fraction of sp³-hybridized carbons (Fsp3) is 0.471. The summed E-state index contributed by atoms with van der Waals surface area (Å²) in [7, 11) is 0. The number of nitrogens with one attached hydrogen (secondary N) is 1. The minimum Gasteiger partial charge on any atom is -0.455 e. The minimum absolute atomic E-state index is 0.367. The highest BCUT2D eigenvalue weighted by molar-refractivity contribution is 8.00. The average Bonchev–Trinajstić information content (AvgIpc) is 3.03. The van der Waals surface area contributed by atoms with Crippen molar-refractivity contribution in [2.45, 2.75) is 48.3 Å². The van der Waals surface area contributed by atoms with Gasteiger partial charge in [0.2, 0.25) is 0 Å². The van der Waals surface area contributed by atoms with E-state index in [-0.39, 0.29) is 6.61 Å². The second-order valence-corrected chi connectivity index (χ2v) is 7.62. The van der Waals surface area contributed by atoms with Crippen LogP contribution in [0.2, 0.25) is 5.02 Å². The molecule has 0 aromatic heterocycles. The van der Waals surface area contributed by atoms with Crippen LogP contribution in [-0.2, 0) is 14.3 Å². The normalized spacial score (nSPS) is 16.9. The maximum absolute atomic E-state index is 12.0. The van der Waals surface area contributed by atoms with Crippen LogP contribution in [0.15, 0.2) is 29.2 Å². The molecule has 0 radical (unpaired) electrons. The Morgan fingerprint density at radius 1 is 1.38 bits per heavy atom. The number of amides is 1. The molecule has 1 saturated carbocycles. The molecule has 24 heavy (non-hydrogen) atoms. The first kappa shape index (κ1) is 18.6. The largest absolute Gasteiger partial charge is 0.455 e. The second-order valence-electron chi connectivity index (χ2n) is 5.77. The highest BCUT2D eigenvalue weighted by Crippen LogP contribution is 2.29. The molecule has 0 unspecified atom stereocenters. The summed E-state index contributed by atoms with van der Waals surface area (Å²) in [6.07, 6.45) is 3.13. The molecule has 5 nitrogen and oxygen atoms in total. The van der Waals surface area contributed by atoms with Crippen molar-refractivity contribution in [3.8, 4) is 6.07 Å². The second kappa shape index (κ2) is 8.41. The van der Waals surface area contributed by atoms with Crippen LogP contribution in [0.1, 0.15) is 32.6 Å². The molecule has 1 atom stereocenters. The topological polar surface area (TPSA) is 79.2 Å². The monoisotopic (exact) mass is 366 g/mol. The van der Waals surface area contributed by atoms with Gasteiger partial charge in [0.25, 0.3) is 5.91 Å². The Labute approximate surface area is 150 Å². The number of hydrogen-bond acceptors (Lipinski definition) is 5. The summed E-state index contributed by atoms with van der Waals surface area (Å²) in [5.74, 6) is -0.905. The van der Waals surface area contributed by atoms with Crippen molar-refractivity contribution in [1.82, 2.24) is 5.32 Å². The summed E-state index contributed by atoms with van der Waals surface area (Å²) in [6.45, 7) is 1.35. The van der Waals surface area contributed by atoms with Gasteiger partial charge in [-0.25, -0.2) is 0 Å². The highest BCUT2D eigenvalue weighted by atomic mass is 35.5. The summed E-state index contributed by atoms with van der Waals surface area (Å²) in [4.78, 5) is 24.8. The van der Waals surface area contributed by atoms with E-state index in [9.17, 15) is 14.9 Å². The summed E-state index contributed by atoms with van der Waals surface area (Å²) in [6, 6.07) is 9.30. The SMILES string of the molecule is C[C@H](Sc1ccc(Cl)cc1)C(=O)OCC(=O)NC1(C#N)CCCC1. The molecule has 1 N–H and O–H groups in total. The zero-order valence-electron chi connectivity index (χ0n) is 13.4. The molecule has 1 amide bonds. The standard InChI is InChI=1S/C17H19ClN2O3S/c1-12(24-14-6-4-13(18)5-7-14)16(22)23-10-15(21)20-17(11-19)8-2-3-9-17/h4-7,12H,2-3,8-10H2,1H3,(H,20,21)/t12-/m0/s1. The number of halogens is 1. The van der Waals surface area contributed by atoms with Crippen molar-refractivity contribution in [1.29, 1.82) is 5.26 Å². The molecule has 1 aliphatic rings. The first-order chi connectivity index (χ1) is 11.4. The molecule has 1 aliphatic carbocycles. The predicted octanol–water partition coefficient (Wildman–Crippen LogP) is 3.32. The lowest BCUT2D eigenvalue weighted by atomic mass is 10.00. The van der Waals surface area contributed by atoms with Gasteiger partial charge in [0.05, 0.1) is 6.07 Å². The van der Waals surface area contributed by atoms with Gasteiger partial charge in [-0.2, -0.15) is 5.26 Å².